The highest BCUT2D eigenvalue weighted by Crippen LogP contribution is 2.33. The number of rotatable bonds is 5. The molecule has 1 heterocycles. The van der Waals surface area contributed by atoms with Crippen molar-refractivity contribution in [2.24, 2.45) is 5.92 Å². The van der Waals surface area contributed by atoms with Crippen molar-refractivity contribution in [3.63, 3.8) is 0 Å². The average Bonchev–Trinajstić information content (AvgIpc) is 2.62. The highest BCUT2D eigenvalue weighted by molar-refractivity contribution is 5.07. The maximum absolute atomic E-state index is 9.00. The summed E-state index contributed by atoms with van der Waals surface area (Å²) in [6.45, 7) is 2.78. The first-order valence-corrected chi connectivity index (χ1v) is 5.47. The van der Waals surface area contributed by atoms with Gasteiger partial charge in [0.1, 0.15) is 11.5 Å². The molecule has 0 spiro atoms. The van der Waals surface area contributed by atoms with Gasteiger partial charge in [0, 0.05) is 13.0 Å². The Bertz CT molecular complexity index is 305. The van der Waals surface area contributed by atoms with Gasteiger partial charge >= 0.3 is 0 Å². The number of hydrogen-bond donors (Lipinski definition) is 1. The summed E-state index contributed by atoms with van der Waals surface area (Å²) in [4.78, 5) is 3.95. The summed E-state index contributed by atoms with van der Waals surface area (Å²) in [5.41, 5.74) is 0.676. The molecule has 4 nitrogen and oxygen atoms in total. The molecule has 0 atom stereocenters. The summed E-state index contributed by atoms with van der Waals surface area (Å²) in [6, 6.07) is 0. The van der Waals surface area contributed by atoms with Crippen LogP contribution < -0.4 is 0 Å². The Hall–Kier alpha value is -0.870. The number of aliphatic hydroxyl groups is 1. The molecular formula is C11H17NO3. The van der Waals surface area contributed by atoms with Gasteiger partial charge in [-0.05, 0) is 25.7 Å². The van der Waals surface area contributed by atoms with Crippen LogP contribution in [0.5, 0.6) is 0 Å². The van der Waals surface area contributed by atoms with Gasteiger partial charge in [0.05, 0.1) is 12.7 Å². The van der Waals surface area contributed by atoms with Crippen molar-refractivity contribution >= 4 is 0 Å². The first-order valence-electron chi connectivity index (χ1n) is 5.47. The standard InChI is InChI=1S/C11H17NO3/c1-2-14-9-3-8(4-9)5-11-10(6-13)12-7-15-11/h7-9,13H,2-6H2,1H3. The fourth-order valence-electron chi connectivity index (χ4n) is 2.06. The van der Waals surface area contributed by atoms with Crippen LogP contribution in [0.25, 0.3) is 0 Å². The first-order chi connectivity index (χ1) is 7.33. The van der Waals surface area contributed by atoms with Gasteiger partial charge < -0.3 is 14.3 Å². The molecule has 1 aliphatic carbocycles. The van der Waals surface area contributed by atoms with Crippen LogP contribution >= 0.6 is 0 Å². The average molecular weight is 211 g/mol. The Labute approximate surface area is 89.3 Å². The fraction of sp³-hybridized carbons (Fsp3) is 0.727. The minimum absolute atomic E-state index is 0.0343. The monoisotopic (exact) mass is 211 g/mol. The minimum Gasteiger partial charge on any atom is -0.448 e. The third kappa shape index (κ3) is 2.38. The van der Waals surface area contributed by atoms with E-state index < -0.39 is 0 Å². The predicted molar refractivity (Wildman–Crippen MR) is 54.3 cm³/mol. The van der Waals surface area contributed by atoms with E-state index in [1.165, 1.54) is 6.39 Å². The molecule has 0 aromatic carbocycles. The van der Waals surface area contributed by atoms with Gasteiger partial charge in [-0.15, -0.1) is 0 Å². The number of hydrogen-bond acceptors (Lipinski definition) is 4. The lowest BCUT2D eigenvalue weighted by molar-refractivity contribution is -0.0253. The van der Waals surface area contributed by atoms with E-state index in [1.807, 2.05) is 6.92 Å². The molecule has 0 unspecified atom stereocenters. The molecule has 1 N–H and O–H groups in total. The van der Waals surface area contributed by atoms with Gasteiger partial charge in [-0.1, -0.05) is 0 Å². The first kappa shape index (κ1) is 10.6. The molecule has 1 aromatic heterocycles. The summed E-state index contributed by atoms with van der Waals surface area (Å²) < 4.78 is 10.7. The SMILES string of the molecule is CCOC1CC(Cc2ocnc2CO)C1. The van der Waals surface area contributed by atoms with E-state index >= 15 is 0 Å². The van der Waals surface area contributed by atoms with E-state index in [9.17, 15) is 0 Å². The molecule has 1 saturated carbocycles. The quantitative estimate of drug-likeness (QED) is 0.802. The van der Waals surface area contributed by atoms with Crippen molar-refractivity contribution in [3.05, 3.63) is 17.8 Å². The molecule has 15 heavy (non-hydrogen) atoms. The van der Waals surface area contributed by atoms with E-state index in [1.54, 1.807) is 0 Å². The second kappa shape index (κ2) is 4.77. The van der Waals surface area contributed by atoms with Gasteiger partial charge in [-0.3, -0.25) is 0 Å². The Kier molecular flexibility index (Phi) is 3.38. The van der Waals surface area contributed by atoms with Gasteiger partial charge in [0.25, 0.3) is 0 Å². The summed E-state index contributed by atoms with van der Waals surface area (Å²) in [7, 11) is 0. The molecule has 0 saturated heterocycles. The second-order valence-corrected chi connectivity index (χ2v) is 4.00. The maximum Gasteiger partial charge on any atom is 0.181 e. The van der Waals surface area contributed by atoms with Crippen LogP contribution in [0.4, 0.5) is 0 Å². The molecule has 0 aliphatic heterocycles. The van der Waals surface area contributed by atoms with E-state index in [-0.39, 0.29) is 6.61 Å². The fourth-order valence-corrected chi connectivity index (χ4v) is 2.06. The Morgan fingerprint density at radius 2 is 2.40 bits per heavy atom. The summed E-state index contributed by atoms with van der Waals surface area (Å²) in [5, 5.41) is 9.00. The van der Waals surface area contributed by atoms with E-state index in [4.69, 9.17) is 14.3 Å². The molecule has 0 radical (unpaired) electrons. The van der Waals surface area contributed by atoms with Crippen LogP contribution in [-0.2, 0) is 17.8 Å². The van der Waals surface area contributed by atoms with Crippen molar-refractivity contribution in [1.82, 2.24) is 4.98 Å². The van der Waals surface area contributed by atoms with Crippen LogP contribution in [0.2, 0.25) is 0 Å². The summed E-state index contributed by atoms with van der Waals surface area (Å²) >= 11 is 0. The van der Waals surface area contributed by atoms with Crippen molar-refractivity contribution in [2.75, 3.05) is 6.61 Å². The van der Waals surface area contributed by atoms with E-state index in [0.717, 1.165) is 31.6 Å². The van der Waals surface area contributed by atoms with Crippen molar-refractivity contribution < 1.29 is 14.3 Å². The highest BCUT2D eigenvalue weighted by Gasteiger charge is 2.30. The highest BCUT2D eigenvalue weighted by atomic mass is 16.5. The Balaban J connectivity index is 1.79. The Morgan fingerprint density at radius 3 is 3.07 bits per heavy atom. The third-order valence-electron chi connectivity index (χ3n) is 2.94. The topological polar surface area (TPSA) is 55.5 Å². The molecule has 0 bridgehead atoms. The van der Waals surface area contributed by atoms with Crippen molar-refractivity contribution in [1.29, 1.82) is 0 Å². The van der Waals surface area contributed by atoms with Gasteiger partial charge in [0.2, 0.25) is 0 Å². The van der Waals surface area contributed by atoms with Crippen molar-refractivity contribution in [3.8, 4) is 0 Å². The number of aromatic nitrogens is 1. The van der Waals surface area contributed by atoms with Crippen LogP contribution in [0.3, 0.4) is 0 Å². The van der Waals surface area contributed by atoms with E-state index in [0.29, 0.717) is 17.7 Å². The van der Waals surface area contributed by atoms with Crippen molar-refractivity contribution in [2.45, 2.75) is 38.9 Å². The van der Waals surface area contributed by atoms with Crippen LogP contribution in [-0.4, -0.2) is 22.8 Å². The lowest BCUT2D eigenvalue weighted by atomic mass is 9.79. The molecule has 1 aromatic rings. The number of aliphatic hydroxyl groups excluding tert-OH is 1. The zero-order chi connectivity index (χ0) is 10.7. The normalized spacial score (nSPS) is 25.2. The molecular weight excluding hydrogens is 194 g/mol. The zero-order valence-corrected chi connectivity index (χ0v) is 8.98. The van der Waals surface area contributed by atoms with Gasteiger partial charge in [-0.2, -0.15) is 0 Å². The molecule has 1 fully saturated rings. The largest absolute Gasteiger partial charge is 0.448 e. The lowest BCUT2D eigenvalue weighted by Gasteiger charge is -2.34. The number of nitrogens with zero attached hydrogens (tertiary/aromatic N) is 1. The predicted octanol–water partition coefficient (Wildman–Crippen LogP) is 1.52. The number of oxazole rings is 1. The minimum atomic E-state index is -0.0343. The maximum atomic E-state index is 9.00. The molecule has 2 rings (SSSR count). The van der Waals surface area contributed by atoms with Gasteiger partial charge in [0.15, 0.2) is 6.39 Å². The summed E-state index contributed by atoms with van der Waals surface area (Å²) in [6.07, 6.45) is 4.90. The molecule has 4 heteroatoms. The smallest absolute Gasteiger partial charge is 0.181 e. The van der Waals surface area contributed by atoms with Crippen LogP contribution in [0, 0.1) is 5.92 Å². The molecule has 1 aliphatic rings. The third-order valence-corrected chi connectivity index (χ3v) is 2.94. The van der Waals surface area contributed by atoms with Crippen LogP contribution in [0.15, 0.2) is 10.8 Å². The lowest BCUT2D eigenvalue weighted by Crippen LogP contribution is -2.32. The van der Waals surface area contributed by atoms with E-state index in [2.05, 4.69) is 4.98 Å². The zero-order valence-electron chi connectivity index (χ0n) is 8.98. The molecule has 84 valence electrons. The van der Waals surface area contributed by atoms with Crippen LogP contribution in [0.1, 0.15) is 31.2 Å². The number of ether oxygens (including phenoxy) is 1. The van der Waals surface area contributed by atoms with Gasteiger partial charge in [-0.25, -0.2) is 4.98 Å². The summed E-state index contributed by atoms with van der Waals surface area (Å²) in [5.74, 6) is 1.46. The second-order valence-electron chi connectivity index (χ2n) is 4.00. The Morgan fingerprint density at radius 1 is 1.60 bits per heavy atom. The molecule has 0 amide bonds.